The Kier molecular flexibility index (Phi) is 7.13. The van der Waals surface area contributed by atoms with E-state index in [9.17, 15) is 9.59 Å². The van der Waals surface area contributed by atoms with Gasteiger partial charge in [-0.05, 0) is 66.3 Å². The van der Waals surface area contributed by atoms with Gasteiger partial charge < -0.3 is 15.2 Å². The maximum atomic E-state index is 15.4. The summed E-state index contributed by atoms with van der Waals surface area (Å²) in [5.41, 5.74) is 8.72. The zero-order chi connectivity index (χ0) is 30.4. The zero-order valence-electron chi connectivity index (χ0n) is 24.1. The van der Waals surface area contributed by atoms with Crippen LogP contribution in [0.1, 0.15) is 54.1 Å². The van der Waals surface area contributed by atoms with E-state index in [1.54, 1.807) is 41.3 Å². The van der Waals surface area contributed by atoms with Crippen LogP contribution < -0.4 is 11.3 Å². The highest BCUT2D eigenvalue weighted by atomic mass is 19.1. The summed E-state index contributed by atoms with van der Waals surface area (Å²) in [7, 11) is 1.82. The Labute approximate surface area is 251 Å². The number of ether oxygens (including phenoxy) is 2. The van der Waals surface area contributed by atoms with Crippen molar-refractivity contribution in [2.75, 3.05) is 12.3 Å². The van der Waals surface area contributed by atoms with E-state index in [1.807, 2.05) is 19.3 Å². The highest BCUT2D eigenvalue weighted by molar-refractivity contribution is 5.84. The summed E-state index contributed by atoms with van der Waals surface area (Å²) in [6.45, 7) is 0.285. The molecule has 1 aliphatic carbocycles. The molecule has 7 rings (SSSR count). The first-order chi connectivity index (χ1) is 21.3. The number of fused-ring (bicyclic) bond motifs is 1. The van der Waals surface area contributed by atoms with E-state index in [-0.39, 0.29) is 23.8 Å². The van der Waals surface area contributed by atoms with Gasteiger partial charge in [0.1, 0.15) is 18.2 Å². The fraction of sp³-hybridized carbons (Fsp3) is 0.312. The highest BCUT2D eigenvalue weighted by Gasteiger charge is 2.27. The number of anilines is 1. The van der Waals surface area contributed by atoms with E-state index < -0.39 is 23.4 Å². The molecule has 1 saturated carbocycles. The lowest BCUT2D eigenvalue weighted by Crippen LogP contribution is -2.24. The number of esters is 1. The molecule has 2 aliphatic rings. The Hall–Kier alpha value is -4.97. The average molecular weight is 596 g/mol. The molecule has 0 radical (unpaired) electrons. The van der Waals surface area contributed by atoms with Gasteiger partial charge in [0.2, 0.25) is 5.95 Å². The number of hydrogen-bond acceptors (Lipinski definition) is 9. The maximum absolute atomic E-state index is 15.4. The lowest BCUT2D eigenvalue weighted by molar-refractivity contribution is -0.155. The summed E-state index contributed by atoms with van der Waals surface area (Å²) in [4.78, 5) is 40.1. The van der Waals surface area contributed by atoms with Crippen molar-refractivity contribution in [2.45, 2.75) is 50.7 Å². The third kappa shape index (κ3) is 5.44. The molecular weight excluding hydrogens is 565 g/mol. The summed E-state index contributed by atoms with van der Waals surface area (Å²) >= 11 is 0. The molecule has 4 heterocycles. The SMILES string of the molecule is Cn1cc(Cc2nc(N)nc(-c3cccc(-n4ccc5cc(C6CC6)cc(F)c5c4=O)c3COC(=O)C3CCCO3)n2)cn1. The minimum atomic E-state index is -0.650. The second kappa shape index (κ2) is 11.3. The lowest BCUT2D eigenvalue weighted by atomic mass is 10.0. The maximum Gasteiger partial charge on any atom is 0.335 e. The van der Waals surface area contributed by atoms with Gasteiger partial charge in [-0.25, -0.2) is 14.2 Å². The number of rotatable bonds is 8. The van der Waals surface area contributed by atoms with Crippen molar-refractivity contribution in [3.8, 4) is 17.1 Å². The quantitative estimate of drug-likeness (QED) is 0.264. The van der Waals surface area contributed by atoms with Crippen LogP contribution in [0.4, 0.5) is 10.3 Å². The number of nitrogens with two attached hydrogens (primary N) is 1. The summed E-state index contributed by atoms with van der Waals surface area (Å²) in [6, 6.07) is 10.3. The van der Waals surface area contributed by atoms with Gasteiger partial charge in [-0.3, -0.25) is 14.0 Å². The van der Waals surface area contributed by atoms with Crippen LogP contribution in [0, 0.1) is 5.82 Å². The minimum absolute atomic E-state index is 0.00670. The number of aromatic nitrogens is 6. The number of benzene rings is 2. The summed E-state index contributed by atoms with van der Waals surface area (Å²) in [5, 5.41) is 4.73. The summed E-state index contributed by atoms with van der Waals surface area (Å²) < 4.78 is 29.7. The molecule has 0 amide bonds. The van der Waals surface area contributed by atoms with Crippen LogP contribution in [0.5, 0.6) is 0 Å². The topological polar surface area (TPSA) is 140 Å². The normalized spacial score (nSPS) is 16.5. The standard InChI is InChI=1S/C32H30FN7O4/c1-39-16-18(15-35-39)12-27-36-29(38-32(34)37-27)22-4-2-5-25(23(22)17-44-31(42)26-6-3-11-43-26)40-10-9-20-13-21(19-7-8-19)14-24(33)28(20)30(40)41/h2,4-5,9-10,13-16,19,26H,3,6-8,11-12,17H2,1H3,(H2,34,36,37,38). The molecule has 12 heteroatoms. The van der Waals surface area contributed by atoms with Crippen LogP contribution in [0.25, 0.3) is 27.8 Å². The summed E-state index contributed by atoms with van der Waals surface area (Å²) in [5.74, 6) is -0.0381. The van der Waals surface area contributed by atoms with Gasteiger partial charge >= 0.3 is 5.97 Å². The molecule has 2 N–H and O–H groups in total. The van der Waals surface area contributed by atoms with E-state index in [0.717, 1.165) is 30.4 Å². The van der Waals surface area contributed by atoms with Crippen LogP contribution in [0.3, 0.4) is 0 Å². The van der Waals surface area contributed by atoms with E-state index >= 15 is 4.39 Å². The van der Waals surface area contributed by atoms with E-state index in [4.69, 9.17) is 15.2 Å². The van der Waals surface area contributed by atoms with E-state index in [1.165, 1.54) is 10.6 Å². The average Bonchev–Trinajstić information content (AvgIpc) is 3.55. The van der Waals surface area contributed by atoms with Crippen molar-refractivity contribution >= 4 is 22.7 Å². The van der Waals surface area contributed by atoms with Gasteiger partial charge in [0.15, 0.2) is 11.9 Å². The molecule has 3 aromatic heterocycles. The molecule has 2 fully saturated rings. The molecule has 2 aromatic carbocycles. The predicted octanol–water partition coefficient (Wildman–Crippen LogP) is 3.99. The van der Waals surface area contributed by atoms with Crippen molar-refractivity contribution < 1.29 is 18.7 Å². The van der Waals surface area contributed by atoms with Gasteiger partial charge in [0.05, 0.1) is 17.3 Å². The molecular formula is C32H30FN7O4. The smallest absolute Gasteiger partial charge is 0.335 e. The van der Waals surface area contributed by atoms with Crippen LogP contribution in [0.2, 0.25) is 0 Å². The van der Waals surface area contributed by atoms with Gasteiger partial charge in [0.25, 0.3) is 5.56 Å². The molecule has 0 bridgehead atoms. The molecule has 44 heavy (non-hydrogen) atoms. The Bertz CT molecular complexity index is 1960. The number of nitrogen functional groups attached to an aromatic ring is 1. The third-order valence-electron chi connectivity index (χ3n) is 8.05. The van der Waals surface area contributed by atoms with Gasteiger partial charge in [0, 0.05) is 43.6 Å². The predicted molar refractivity (Wildman–Crippen MR) is 159 cm³/mol. The number of aryl methyl sites for hydroxylation is 1. The number of pyridine rings is 1. The minimum Gasteiger partial charge on any atom is -0.459 e. The first kappa shape index (κ1) is 27.8. The molecule has 1 atom stereocenters. The lowest BCUT2D eigenvalue weighted by Gasteiger charge is -2.18. The van der Waals surface area contributed by atoms with E-state index in [2.05, 4.69) is 20.1 Å². The highest BCUT2D eigenvalue weighted by Crippen LogP contribution is 2.41. The molecule has 11 nitrogen and oxygen atoms in total. The van der Waals surface area contributed by atoms with Crippen LogP contribution in [-0.4, -0.2) is 48.0 Å². The first-order valence-electron chi connectivity index (χ1n) is 14.6. The fourth-order valence-electron chi connectivity index (χ4n) is 5.74. The van der Waals surface area contributed by atoms with Crippen LogP contribution in [-0.2, 0) is 34.3 Å². The van der Waals surface area contributed by atoms with Gasteiger partial charge in [-0.1, -0.05) is 18.2 Å². The van der Waals surface area contributed by atoms with E-state index in [0.29, 0.717) is 53.4 Å². The number of halogens is 1. The molecule has 0 spiro atoms. The monoisotopic (exact) mass is 595 g/mol. The number of carbonyl (C=O) groups is 1. The molecule has 5 aromatic rings. The molecule has 1 aliphatic heterocycles. The van der Waals surface area contributed by atoms with Crippen LogP contribution >= 0.6 is 0 Å². The second-order valence-electron chi connectivity index (χ2n) is 11.3. The number of nitrogens with zero attached hydrogens (tertiary/aromatic N) is 6. The van der Waals surface area contributed by atoms with Crippen molar-refractivity contribution in [3.63, 3.8) is 0 Å². The largest absolute Gasteiger partial charge is 0.459 e. The van der Waals surface area contributed by atoms with Crippen LogP contribution in [0.15, 0.2) is 59.8 Å². The Balaban J connectivity index is 1.34. The number of carbonyl (C=O) groups excluding carboxylic acids is 1. The first-order valence-corrected chi connectivity index (χ1v) is 14.6. The molecule has 224 valence electrons. The van der Waals surface area contributed by atoms with Crippen molar-refractivity contribution in [2.24, 2.45) is 7.05 Å². The van der Waals surface area contributed by atoms with Gasteiger partial charge in [-0.2, -0.15) is 15.1 Å². The Morgan fingerprint density at radius 1 is 1.16 bits per heavy atom. The fourth-order valence-corrected chi connectivity index (χ4v) is 5.74. The van der Waals surface area contributed by atoms with Gasteiger partial charge in [-0.15, -0.1) is 0 Å². The second-order valence-corrected chi connectivity index (χ2v) is 11.3. The van der Waals surface area contributed by atoms with Crippen molar-refractivity contribution in [1.82, 2.24) is 29.3 Å². The number of hydrogen-bond donors (Lipinski definition) is 1. The Morgan fingerprint density at radius 2 is 2.02 bits per heavy atom. The molecule has 1 unspecified atom stereocenters. The van der Waals surface area contributed by atoms with Crippen molar-refractivity contribution in [3.05, 3.63) is 93.7 Å². The third-order valence-corrected chi connectivity index (χ3v) is 8.05. The molecule has 1 saturated heterocycles. The zero-order valence-corrected chi connectivity index (χ0v) is 24.1. The van der Waals surface area contributed by atoms with Crippen molar-refractivity contribution in [1.29, 1.82) is 0 Å². The Morgan fingerprint density at radius 3 is 2.77 bits per heavy atom. The summed E-state index contributed by atoms with van der Waals surface area (Å²) in [6.07, 6.45) is 8.28.